The van der Waals surface area contributed by atoms with E-state index in [1.807, 2.05) is 54.6 Å². The Bertz CT molecular complexity index is 4220. The van der Waals surface area contributed by atoms with E-state index in [0.29, 0.717) is 17.5 Å². The van der Waals surface area contributed by atoms with Crippen molar-refractivity contribution in [2.45, 2.75) is 19.3 Å². The van der Waals surface area contributed by atoms with Crippen LogP contribution < -0.4 is 0 Å². The summed E-state index contributed by atoms with van der Waals surface area (Å²) in [4.78, 5) is 15.5. The molecule has 1 aliphatic rings. The number of benzene rings is 10. The van der Waals surface area contributed by atoms with E-state index in [-0.39, 0.29) is 5.41 Å². The Kier molecular flexibility index (Phi) is 8.56. The molecule has 0 bridgehead atoms. The molecule has 0 radical (unpaired) electrons. The molecule has 0 saturated heterocycles. The molecule has 0 saturated carbocycles. The lowest BCUT2D eigenvalue weighted by molar-refractivity contribution is 0.661. The first-order valence-corrected chi connectivity index (χ1v) is 23.6. The highest BCUT2D eigenvalue weighted by Crippen LogP contribution is 2.53. The highest BCUT2D eigenvalue weighted by Gasteiger charge is 2.37. The first kappa shape index (κ1) is 39.3. The standard InChI is InChI=1S/C64H42N4O/c1-64(2)54-33-29-40-17-9-10-22-47(40)59(54)52-32-27-43(37-55(52)64)48-24-14-25-51-53-36-42(39-15-5-3-6-16-39)30-34-56(53)68(60(48)51)46-21-13-20-44(35-46)62-65-61(41-18-7-4-8-19-41)66-63(67-62)45-28-31-50-49-23-11-12-26-57(49)69-58(50)38-45/h3-38H,1-2H3. The molecule has 5 heteroatoms. The minimum atomic E-state index is -0.177. The molecule has 0 aliphatic heterocycles. The number of hydrogen-bond donors (Lipinski definition) is 0. The van der Waals surface area contributed by atoms with Crippen molar-refractivity contribution in [1.82, 2.24) is 19.5 Å². The lowest BCUT2D eigenvalue weighted by atomic mass is 9.81. The van der Waals surface area contributed by atoms with Gasteiger partial charge in [-0.25, -0.2) is 15.0 Å². The maximum Gasteiger partial charge on any atom is 0.164 e. The summed E-state index contributed by atoms with van der Waals surface area (Å²) >= 11 is 0. The second kappa shape index (κ2) is 15.0. The molecule has 3 heterocycles. The third-order valence-electron chi connectivity index (χ3n) is 14.4. The lowest BCUT2D eigenvalue weighted by Crippen LogP contribution is -2.15. The number of nitrogens with zero attached hydrogens (tertiary/aromatic N) is 4. The second-order valence-electron chi connectivity index (χ2n) is 18.8. The van der Waals surface area contributed by atoms with Crippen molar-refractivity contribution in [2.24, 2.45) is 0 Å². The van der Waals surface area contributed by atoms with Crippen LogP contribution in [0.5, 0.6) is 0 Å². The van der Waals surface area contributed by atoms with Crippen LogP contribution in [0.2, 0.25) is 0 Å². The smallest absolute Gasteiger partial charge is 0.164 e. The van der Waals surface area contributed by atoms with E-state index in [0.717, 1.165) is 55.3 Å². The molecule has 10 aromatic carbocycles. The zero-order valence-corrected chi connectivity index (χ0v) is 38.0. The summed E-state index contributed by atoms with van der Waals surface area (Å²) in [6.07, 6.45) is 0. The molecule has 0 atom stereocenters. The fourth-order valence-electron chi connectivity index (χ4n) is 11.1. The van der Waals surface area contributed by atoms with Crippen LogP contribution in [0, 0.1) is 0 Å². The summed E-state index contributed by atoms with van der Waals surface area (Å²) in [5.74, 6) is 1.77. The van der Waals surface area contributed by atoms with E-state index in [2.05, 4.69) is 182 Å². The third kappa shape index (κ3) is 6.14. The monoisotopic (exact) mass is 882 g/mol. The maximum atomic E-state index is 6.33. The average Bonchev–Trinajstić information content (AvgIpc) is 4.03. The molecule has 14 rings (SSSR count). The van der Waals surface area contributed by atoms with Crippen molar-refractivity contribution in [1.29, 1.82) is 0 Å². The predicted octanol–water partition coefficient (Wildman–Crippen LogP) is 16.7. The van der Waals surface area contributed by atoms with Crippen LogP contribution in [0.25, 0.3) is 128 Å². The number of hydrogen-bond acceptors (Lipinski definition) is 4. The summed E-state index contributed by atoms with van der Waals surface area (Å²) in [5.41, 5.74) is 17.5. The van der Waals surface area contributed by atoms with Gasteiger partial charge in [-0.2, -0.15) is 0 Å². The van der Waals surface area contributed by atoms with E-state index in [1.165, 1.54) is 66.1 Å². The van der Waals surface area contributed by atoms with Crippen molar-refractivity contribution in [2.75, 3.05) is 0 Å². The van der Waals surface area contributed by atoms with Gasteiger partial charge in [0, 0.05) is 54.9 Å². The molecule has 1 aliphatic carbocycles. The Hall–Kier alpha value is -8.93. The van der Waals surface area contributed by atoms with E-state index in [1.54, 1.807) is 0 Å². The summed E-state index contributed by atoms with van der Waals surface area (Å²) < 4.78 is 8.77. The van der Waals surface area contributed by atoms with Gasteiger partial charge in [-0.05, 0) is 98.2 Å². The number of fused-ring (bicyclic) bond motifs is 11. The fourth-order valence-corrected chi connectivity index (χ4v) is 11.1. The Morgan fingerprint density at radius 3 is 1.84 bits per heavy atom. The van der Waals surface area contributed by atoms with E-state index in [4.69, 9.17) is 19.4 Å². The minimum Gasteiger partial charge on any atom is -0.456 e. The van der Waals surface area contributed by atoms with Crippen molar-refractivity contribution in [3.8, 4) is 73.2 Å². The zero-order chi connectivity index (χ0) is 45.8. The Balaban J connectivity index is 0.969. The number of para-hydroxylation sites is 2. The lowest BCUT2D eigenvalue weighted by Gasteiger charge is -2.22. The van der Waals surface area contributed by atoms with Crippen LogP contribution in [0.1, 0.15) is 25.0 Å². The van der Waals surface area contributed by atoms with Crippen LogP contribution >= 0.6 is 0 Å². The first-order chi connectivity index (χ1) is 33.9. The van der Waals surface area contributed by atoms with Gasteiger partial charge in [0.25, 0.3) is 0 Å². The van der Waals surface area contributed by atoms with Crippen LogP contribution in [0.4, 0.5) is 0 Å². The molecule has 0 fully saturated rings. The molecule has 5 nitrogen and oxygen atoms in total. The SMILES string of the molecule is CC1(C)c2cc(-c3cccc4c5cc(-c6ccccc6)ccc5n(-c5cccc(-c6nc(-c7ccccc7)nc(-c7ccc8c(c7)oc7ccccc78)n6)c5)c34)ccc2-c2c1ccc1ccccc21. The van der Waals surface area contributed by atoms with Crippen molar-refractivity contribution in [3.05, 3.63) is 230 Å². The van der Waals surface area contributed by atoms with Crippen LogP contribution in [-0.2, 0) is 5.41 Å². The summed E-state index contributed by atoms with van der Waals surface area (Å²) in [5, 5.41) is 7.09. The number of aromatic nitrogens is 4. The van der Waals surface area contributed by atoms with Gasteiger partial charge in [0.05, 0.1) is 11.0 Å². The summed E-state index contributed by atoms with van der Waals surface area (Å²) in [6.45, 7) is 4.74. The highest BCUT2D eigenvalue weighted by atomic mass is 16.3. The molecule has 324 valence electrons. The normalized spacial score (nSPS) is 12.9. The van der Waals surface area contributed by atoms with Crippen LogP contribution in [0.3, 0.4) is 0 Å². The van der Waals surface area contributed by atoms with Crippen molar-refractivity contribution < 1.29 is 4.42 Å². The molecule has 0 spiro atoms. The zero-order valence-electron chi connectivity index (χ0n) is 38.0. The molecular formula is C64H42N4O. The molecule has 0 unspecified atom stereocenters. The van der Waals surface area contributed by atoms with Crippen molar-refractivity contribution >= 4 is 54.5 Å². The van der Waals surface area contributed by atoms with Gasteiger partial charge in [0.15, 0.2) is 17.5 Å². The summed E-state index contributed by atoms with van der Waals surface area (Å²) in [7, 11) is 0. The van der Waals surface area contributed by atoms with Gasteiger partial charge in [-0.3, -0.25) is 0 Å². The Morgan fingerprint density at radius 2 is 1.01 bits per heavy atom. The first-order valence-electron chi connectivity index (χ1n) is 23.6. The molecule has 3 aromatic heterocycles. The van der Waals surface area contributed by atoms with E-state index in [9.17, 15) is 0 Å². The highest BCUT2D eigenvalue weighted by molar-refractivity contribution is 6.15. The number of furan rings is 1. The van der Waals surface area contributed by atoms with E-state index >= 15 is 0 Å². The van der Waals surface area contributed by atoms with Crippen LogP contribution in [-0.4, -0.2) is 19.5 Å². The largest absolute Gasteiger partial charge is 0.456 e. The van der Waals surface area contributed by atoms with Crippen LogP contribution in [0.15, 0.2) is 223 Å². The number of rotatable bonds is 6. The van der Waals surface area contributed by atoms with Gasteiger partial charge >= 0.3 is 0 Å². The fraction of sp³-hybridized carbons (Fsp3) is 0.0469. The molecule has 13 aromatic rings. The molecular weight excluding hydrogens is 841 g/mol. The van der Waals surface area contributed by atoms with Crippen molar-refractivity contribution in [3.63, 3.8) is 0 Å². The topological polar surface area (TPSA) is 56.7 Å². The molecule has 69 heavy (non-hydrogen) atoms. The van der Waals surface area contributed by atoms with Gasteiger partial charge < -0.3 is 8.98 Å². The quantitative estimate of drug-likeness (QED) is 0.167. The molecule has 0 N–H and O–H groups in total. The summed E-state index contributed by atoms with van der Waals surface area (Å²) in [6, 6.07) is 78.0. The van der Waals surface area contributed by atoms with Gasteiger partial charge in [0.2, 0.25) is 0 Å². The van der Waals surface area contributed by atoms with Gasteiger partial charge in [-0.15, -0.1) is 0 Å². The van der Waals surface area contributed by atoms with Gasteiger partial charge in [-0.1, -0.05) is 184 Å². The maximum absolute atomic E-state index is 6.33. The van der Waals surface area contributed by atoms with E-state index < -0.39 is 0 Å². The second-order valence-corrected chi connectivity index (χ2v) is 18.8. The molecule has 0 amide bonds. The predicted molar refractivity (Wildman–Crippen MR) is 284 cm³/mol. The Labute approximate surface area is 398 Å². The third-order valence-corrected chi connectivity index (χ3v) is 14.4. The Morgan fingerprint density at radius 1 is 0.377 bits per heavy atom. The van der Waals surface area contributed by atoms with Gasteiger partial charge in [0.1, 0.15) is 11.2 Å². The minimum absolute atomic E-state index is 0.177. The average molecular weight is 883 g/mol.